The zero-order chi connectivity index (χ0) is 18.4. The fraction of sp³-hybridized carbons (Fsp3) is 0.550. The van der Waals surface area contributed by atoms with Crippen molar-refractivity contribution in [2.75, 3.05) is 24.7 Å². The van der Waals surface area contributed by atoms with Crippen molar-refractivity contribution in [3.63, 3.8) is 0 Å². The maximum Gasteiger partial charge on any atom is 0.280 e. The van der Waals surface area contributed by atoms with Crippen LogP contribution < -0.4 is 4.90 Å². The zero-order valence-electron chi connectivity index (χ0n) is 15.7. The van der Waals surface area contributed by atoms with Crippen LogP contribution in [0.2, 0.25) is 0 Å². The van der Waals surface area contributed by atoms with Crippen molar-refractivity contribution in [2.24, 2.45) is 5.41 Å². The highest BCUT2D eigenvalue weighted by Crippen LogP contribution is 2.39. The van der Waals surface area contributed by atoms with E-state index in [4.69, 9.17) is 4.74 Å². The molecule has 0 atom stereocenters. The number of hydrogen-bond donors (Lipinski definition) is 0. The average molecular weight is 354 g/mol. The van der Waals surface area contributed by atoms with Crippen molar-refractivity contribution >= 4 is 11.6 Å². The summed E-state index contributed by atoms with van der Waals surface area (Å²) in [6.45, 7) is 9.53. The number of amides is 1. The summed E-state index contributed by atoms with van der Waals surface area (Å²) in [5, 5.41) is 8.33. The Labute approximate surface area is 154 Å². The highest BCUT2D eigenvalue weighted by Gasteiger charge is 2.35. The zero-order valence-corrected chi connectivity index (χ0v) is 15.7. The number of nitrogens with zero attached hydrogens (tertiary/aromatic N) is 4. The molecule has 4 rings (SSSR count). The molecule has 138 valence electrons. The van der Waals surface area contributed by atoms with Crippen LogP contribution in [0.15, 0.2) is 30.5 Å². The molecule has 0 radical (unpaired) electrons. The number of rotatable bonds is 3. The first kappa shape index (κ1) is 17.2. The quantitative estimate of drug-likeness (QED) is 0.850. The first-order valence-corrected chi connectivity index (χ1v) is 9.27. The molecule has 0 aliphatic carbocycles. The van der Waals surface area contributed by atoms with Gasteiger partial charge < -0.3 is 9.64 Å². The minimum atomic E-state index is -0.0728. The molecule has 1 aromatic heterocycles. The van der Waals surface area contributed by atoms with Crippen molar-refractivity contribution in [3.8, 4) is 0 Å². The second-order valence-electron chi connectivity index (χ2n) is 8.57. The van der Waals surface area contributed by atoms with Gasteiger partial charge in [0.25, 0.3) is 5.91 Å². The van der Waals surface area contributed by atoms with Crippen molar-refractivity contribution in [1.82, 2.24) is 15.0 Å². The Kier molecular flexibility index (Phi) is 4.10. The Bertz CT molecular complexity index is 823. The number of aromatic nitrogens is 3. The van der Waals surface area contributed by atoms with Gasteiger partial charge in [-0.15, -0.1) is 5.10 Å². The normalized spacial score (nSPS) is 20.8. The van der Waals surface area contributed by atoms with Gasteiger partial charge in [0.15, 0.2) is 5.69 Å². The van der Waals surface area contributed by atoms with E-state index < -0.39 is 0 Å². The van der Waals surface area contributed by atoms with E-state index in [9.17, 15) is 4.79 Å². The van der Waals surface area contributed by atoms with E-state index in [0.717, 1.165) is 38.3 Å². The summed E-state index contributed by atoms with van der Waals surface area (Å²) in [4.78, 5) is 15.0. The number of para-hydroxylation sites is 1. The van der Waals surface area contributed by atoms with Crippen LogP contribution in [0.25, 0.3) is 0 Å². The van der Waals surface area contributed by atoms with Crippen molar-refractivity contribution < 1.29 is 9.53 Å². The lowest BCUT2D eigenvalue weighted by atomic mass is 9.80. The highest BCUT2D eigenvalue weighted by atomic mass is 16.5. The third-order valence-electron chi connectivity index (χ3n) is 5.56. The number of hydrogen-bond acceptors (Lipinski definition) is 4. The van der Waals surface area contributed by atoms with Crippen LogP contribution in [0.3, 0.4) is 0 Å². The maximum atomic E-state index is 13.2. The minimum absolute atomic E-state index is 0.0576. The lowest BCUT2D eigenvalue weighted by molar-refractivity contribution is -0.111. The summed E-state index contributed by atoms with van der Waals surface area (Å²) in [6, 6.07) is 8.22. The molecule has 2 aliphatic rings. The Balaban J connectivity index is 1.61. The van der Waals surface area contributed by atoms with Gasteiger partial charge in [-0.25, -0.2) is 0 Å². The van der Waals surface area contributed by atoms with Gasteiger partial charge in [0, 0.05) is 17.6 Å². The predicted octanol–water partition coefficient (Wildman–Crippen LogP) is 3.03. The van der Waals surface area contributed by atoms with Gasteiger partial charge >= 0.3 is 0 Å². The molecule has 1 amide bonds. The molecule has 0 saturated carbocycles. The van der Waals surface area contributed by atoms with Gasteiger partial charge in [0.1, 0.15) is 0 Å². The van der Waals surface area contributed by atoms with Crippen LogP contribution >= 0.6 is 0 Å². The van der Waals surface area contributed by atoms with Crippen LogP contribution in [0.5, 0.6) is 0 Å². The Morgan fingerprint density at radius 2 is 2.00 bits per heavy atom. The summed E-state index contributed by atoms with van der Waals surface area (Å²) in [5.74, 6) is -0.0728. The van der Waals surface area contributed by atoms with Crippen LogP contribution in [0.4, 0.5) is 5.69 Å². The van der Waals surface area contributed by atoms with Crippen LogP contribution in [-0.2, 0) is 16.7 Å². The fourth-order valence-corrected chi connectivity index (χ4v) is 3.97. The number of carbonyl (C=O) groups is 1. The van der Waals surface area contributed by atoms with Gasteiger partial charge in [0.05, 0.1) is 26.0 Å². The second kappa shape index (κ2) is 6.20. The van der Waals surface area contributed by atoms with Crippen molar-refractivity contribution in [3.05, 3.63) is 41.7 Å². The molecule has 6 heteroatoms. The number of ether oxygens (including phenoxy) is 1. The molecule has 1 aromatic carbocycles. The van der Waals surface area contributed by atoms with E-state index in [1.807, 2.05) is 23.1 Å². The molecule has 6 nitrogen and oxygen atoms in total. The largest absolute Gasteiger partial charge is 0.380 e. The SMILES string of the molecule is CC1(Cn2cc(C(=O)N3CCCC(C)(C)c4ccccc43)nn2)COC1. The summed E-state index contributed by atoms with van der Waals surface area (Å²) in [7, 11) is 0. The molecule has 2 aliphatic heterocycles. The second-order valence-corrected chi connectivity index (χ2v) is 8.57. The third kappa shape index (κ3) is 3.03. The van der Waals surface area contributed by atoms with Gasteiger partial charge in [-0.05, 0) is 29.9 Å². The Morgan fingerprint density at radius 1 is 1.23 bits per heavy atom. The topological polar surface area (TPSA) is 60.2 Å². The first-order chi connectivity index (χ1) is 12.4. The number of anilines is 1. The summed E-state index contributed by atoms with van der Waals surface area (Å²) < 4.78 is 7.06. The number of carbonyl (C=O) groups excluding carboxylic acids is 1. The predicted molar refractivity (Wildman–Crippen MR) is 99.3 cm³/mol. The molecule has 0 bridgehead atoms. The molecule has 0 unspecified atom stereocenters. The molecule has 0 spiro atoms. The number of benzene rings is 1. The van der Waals surface area contributed by atoms with Gasteiger partial charge in [-0.1, -0.05) is 44.2 Å². The Hall–Kier alpha value is -2.21. The monoisotopic (exact) mass is 354 g/mol. The fourth-order valence-electron chi connectivity index (χ4n) is 3.97. The van der Waals surface area contributed by atoms with Crippen molar-refractivity contribution in [2.45, 2.75) is 45.6 Å². The van der Waals surface area contributed by atoms with E-state index in [2.05, 4.69) is 37.1 Å². The van der Waals surface area contributed by atoms with E-state index in [0.29, 0.717) is 12.2 Å². The first-order valence-electron chi connectivity index (χ1n) is 9.27. The minimum Gasteiger partial charge on any atom is -0.380 e. The molecular formula is C20H26N4O2. The van der Waals surface area contributed by atoms with Crippen LogP contribution in [0.1, 0.15) is 49.7 Å². The summed E-state index contributed by atoms with van der Waals surface area (Å²) in [6.07, 6.45) is 3.79. The van der Waals surface area contributed by atoms with Gasteiger partial charge in [-0.3, -0.25) is 9.48 Å². The van der Waals surface area contributed by atoms with E-state index in [1.165, 1.54) is 5.56 Å². The smallest absolute Gasteiger partial charge is 0.280 e. The lowest BCUT2D eigenvalue weighted by Crippen LogP contribution is -2.43. The van der Waals surface area contributed by atoms with Gasteiger partial charge in [0.2, 0.25) is 0 Å². The molecular weight excluding hydrogens is 328 g/mol. The summed E-state index contributed by atoms with van der Waals surface area (Å²) in [5.41, 5.74) is 2.77. The number of fused-ring (bicyclic) bond motifs is 1. The highest BCUT2D eigenvalue weighted by molar-refractivity contribution is 6.05. The van der Waals surface area contributed by atoms with Crippen molar-refractivity contribution in [1.29, 1.82) is 0 Å². The Morgan fingerprint density at radius 3 is 2.73 bits per heavy atom. The van der Waals surface area contributed by atoms with Crippen LogP contribution in [0, 0.1) is 5.41 Å². The molecule has 3 heterocycles. The van der Waals surface area contributed by atoms with Crippen LogP contribution in [-0.4, -0.2) is 40.7 Å². The third-order valence-corrected chi connectivity index (χ3v) is 5.56. The van der Waals surface area contributed by atoms with Gasteiger partial charge in [-0.2, -0.15) is 0 Å². The lowest BCUT2D eigenvalue weighted by Gasteiger charge is -2.37. The molecule has 26 heavy (non-hydrogen) atoms. The summed E-state index contributed by atoms with van der Waals surface area (Å²) >= 11 is 0. The molecule has 1 fully saturated rings. The van der Waals surface area contributed by atoms with E-state index >= 15 is 0 Å². The van der Waals surface area contributed by atoms with E-state index in [1.54, 1.807) is 10.9 Å². The maximum absolute atomic E-state index is 13.2. The molecule has 2 aromatic rings. The average Bonchev–Trinajstić information content (AvgIpc) is 3.00. The standard InChI is InChI=1S/C20H26N4O2/c1-19(2)9-6-10-24(17-8-5-4-7-15(17)19)18(25)16-11-23(22-21-16)12-20(3)13-26-14-20/h4-5,7-8,11H,6,9-10,12-14H2,1-3H3. The molecule has 0 N–H and O–H groups in total. The van der Waals surface area contributed by atoms with E-state index in [-0.39, 0.29) is 16.7 Å². The molecule has 1 saturated heterocycles.